The predicted octanol–water partition coefficient (Wildman–Crippen LogP) is 12.6. The van der Waals surface area contributed by atoms with Crippen LogP contribution < -0.4 is 20.7 Å². The van der Waals surface area contributed by atoms with Crippen LogP contribution >= 0.6 is 0 Å². The van der Waals surface area contributed by atoms with Gasteiger partial charge in [0.1, 0.15) is 0 Å². The number of rotatable bonds is 8. The van der Waals surface area contributed by atoms with Crippen LogP contribution in [0.4, 0.5) is 0 Å². The van der Waals surface area contributed by atoms with Crippen LogP contribution in [0, 0.1) is 0 Å². The molecule has 0 unspecified atom stereocenters. The van der Waals surface area contributed by atoms with Gasteiger partial charge in [-0.3, -0.25) is 0 Å². The van der Waals surface area contributed by atoms with Crippen LogP contribution in [0.3, 0.4) is 0 Å². The van der Waals surface area contributed by atoms with Gasteiger partial charge in [-0.15, -0.1) is 0 Å². The summed E-state index contributed by atoms with van der Waals surface area (Å²) in [4.78, 5) is 0. The lowest BCUT2D eigenvalue weighted by atomic mass is 10.0. The molecule has 0 atom stereocenters. The summed E-state index contributed by atoms with van der Waals surface area (Å²) in [6.45, 7) is 0. The van der Waals surface area contributed by atoms with E-state index in [2.05, 4.69) is 264 Å². The minimum atomic E-state index is -2.92. The van der Waals surface area contributed by atoms with Crippen molar-refractivity contribution in [1.29, 1.82) is 0 Å². The van der Waals surface area contributed by atoms with Crippen LogP contribution in [0.5, 0.6) is 0 Å². The predicted molar refractivity (Wildman–Crippen MR) is 270 cm³/mol. The molecule has 0 saturated heterocycles. The van der Waals surface area contributed by atoms with Gasteiger partial charge in [0.15, 0.2) is 8.07 Å². The molecule has 0 fully saturated rings. The normalized spacial score (nSPS) is 11.8. The first-order valence-electron chi connectivity index (χ1n) is 21.8. The second-order valence-electron chi connectivity index (χ2n) is 16.4. The van der Waals surface area contributed by atoms with Crippen molar-refractivity contribution in [2.75, 3.05) is 0 Å². The van der Waals surface area contributed by atoms with Gasteiger partial charge in [-0.1, -0.05) is 231 Å². The fourth-order valence-electron chi connectivity index (χ4n) is 10.5. The summed E-state index contributed by atoms with van der Waals surface area (Å²) >= 11 is 0. The zero-order valence-corrected chi connectivity index (χ0v) is 35.6. The summed E-state index contributed by atoms with van der Waals surface area (Å²) in [5, 5.41) is 10.4. The summed E-state index contributed by atoms with van der Waals surface area (Å²) < 4.78 is 5.12. The van der Waals surface area contributed by atoms with E-state index in [9.17, 15) is 0 Å². The molecule has 0 aliphatic carbocycles. The van der Waals surface area contributed by atoms with Crippen molar-refractivity contribution in [2.24, 2.45) is 0 Å². The Balaban J connectivity index is 1.25. The SMILES string of the molecule is c1ccc(-c2ccccc2-n2c3c(-c4ccccc4)cccc3c3cccc(-n4c5ccccc5c5c([Si](c6ccccc6)(c6ccccc6)c6ccccc6)cccc54)c32)cc1. The fraction of sp³-hybridized carbons (Fsp3) is 0. The van der Waals surface area contributed by atoms with Crippen LogP contribution in [0.1, 0.15) is 0 Å². The Hall–Kier alpha value is -7.98. The zero-order chi connectivity index (χ0) is 41.7. The highest BCUT2D eigenvalue weighted by Crippen LogP contribution is 2.44. The Kier molecular flexibility index (Phi) is 8.87. The first-order chi connectivity index (χ1) is 31.3. The van der Waals surface area contributed by atoms with Crippen molar-refractivity contribution in [3.8, 4) is 33.6 Å². The Labute approximate surface area is 368 Å². The van der Waals surface area contributed by atoms with Crippen LogP contribution in [0.15, 0.2) is 255 Å². The molecule has 2 nitrogen and oxygen atoms in total. The molecule has 0 bridgehead atoms. The molecule has 0 spiro atoms. The number of para-hydroxylation sites is 4. The Morgan fingerprint density at radius 3 is 1.33 bits per heavy atom. The van der Waals surface area contributed by atoms with Gasteiger partial charge in [0.05, 0.1) is 33.4 Å². The molecule has 0 saturated carbocycles. The molecule has 63 heavy (non-hydrogen) atoms. The van der Waals surface area contributed by atoms with Crippen LogP contribution in [0.25, 0.3) is 77.2 Å². The number of hydrogen-bond donors (Lipinski definition) is 0. The number of benzene rings is 10. The molecule has 2 aromatic heterocycles. The lowest BCUT2D eigenvalue weighted by Crippen LogP contribution is -2.74. The second-order valence-corrected chi connectivity index (χ2v) is 20.1. The summed E-state index contributed by atoms with van der Waals surface area (Å²) in [5.74, 6) is 0. The van der Waals surface area contributed by atoms with Crippen molar-refractivity contribution >= 4 is 72.4 Å². The first kappa shape index (κ1) is 36.8. The quantitative estimate of drug-likeness (QED) is 0.107. The average molecular weight is 819 g/mol. The number of hydrogen-bond acceptors (Lipinski definition) is 0. The van der Waals surface area contributed by atoms with E-state index in [0.717, 1.165) is 11.4 Å². The van der Waals surface area contributed by atoms with E-state index in [0.29, 0.717) is 0 Å². The van der Waals surface area contributed by atoms with Crippen molar-refractivity contribution in [1.82, 2.24) is 9.13 Å². The highest BCUT2D eigenvalue weighted by Gasteiger charge is 2.43. The molecule has 296 valence electrons. The topological polar surface area (TPSA) is 9.86 Å². The van der Waals surface area contributed by atoms with Gasteiger partial charge in [-0.2, -0.15) is 0 Å². The first-order valence-corrected chi connectivity index (χ1v) is 23.8. The van der Waals surface area contributed by atoms with E-state index in [4.69, 9.17) is 0 Å². The van der Waals surface area contributed by atoms with E-state index in [1.54, 1.807) is 0 Å². The van der Waals surface area contributed by atoms with Gasteiger partial charge in [0.2, 0.25) is 0 Å². The number of aromatic nitrogens is 2. The summed E-state index contributed by atoms with van der Waals surface area (Å²) in [6, 6.07) is 94.3. The maximum absolute atomic E-state index is 2.92. The fourth-order valence-corrected chi connectivity index (χ4v) is 15.5. The van der Waals surface area contributed by atoms with Gasteiger partial charge >= 0.3 is 0 Å². The maximum Gasteiger partial charge on any atom is 0.180 e. The lowest BCUT2D eigenvalue weighted by molar-refractivity contribution is 1.13. The Morgan fingerprint density at radius 1 is 0.270 bits per heavy atom. The third kappa shape index (κ3) is 5.71. The molecule has 0 radical (unpaired) electrons. The van der Waals surface area contributed by atoms with E-state index in [1.807, 2.05) is 0 Å². The van der Waals surface area contributed by atoms with E-state index >= 15 is 0 Å². The summed E-state index contributed by atoms with van der Waals surface area (Å²) in [5.41, 5.74) is 11.8. The van der Waals surface area contributed by atoms with Crippen molar-refractivity contribution < 1.29 is 0 Å². The van der Waals surface area contributed by atoms with Crippen LogP contribution in [-0.2, 0) is 0 Å². The third-order valence-corrected chi connectivity index (χ3v) is 17.9. The minimum Gasteiger partial charge on any atom is -0.307 e. The average Bonchev–Trinajstić information content (AvgIpc) is 3.89. The largest absolute Gasteiger partial charge is 0.307 e. The molecule has 0 amide bonds. The summed E-state index contributed by atoms with van der Waals surface area (Å²) in [7, 11) is -2.92. The van der Waals surface area contributed by atoms with Gasteiger partial charge in [0, 0.05) is 32.7 Å². The van der Waals surface area contributed by atoms with E-state index in [-0.39, 0.29) is 0 Å². The highest BCUT2D eigenvalue weighted by atomic mass is 28.3. The van der Waals surface area contributed by atoms with E-state index < -0.39 is 8.07 Å². The minimum absolute atomic E-state index is 1.14. The Morgan fingerprint density at radius 2 is 0.698 bits per heavy atom. The van der Waals surface area contributed by atoms with E-state index in [1.165, 1.54) is 86.6 Å². The summed E-state index contributed by atoms with van der Waals surface area (Å²) in [6.07, 6.45) is 0. The number of fused-ring (bicyclic) bond motifs is 6. The van der Waals surface area contributed by atoms with Crippen molar-refractivity contribution in [3.63, 3.8) is 0 Å². The molecule has 3 heteroatoms. The lowest BCUT2D eigenvalue weighted by Gasteiger charge is -2.35. The monoisotopic (exact) mass is 818 g/mol. The standard InChI is InChI=1S/C60H42N2Si/c1-6-23-43(24-7-1)48-33-16-18-38-53(48)62-59-49(44-25-8-2-9-26-44)35-20-36-50(59)51-37-21-41-56(60(51)62)61-54-39-19-17-34-52(54)58-55(61)40-22-42-57(58)63(45-27-10-3-11-28-45,46-29-12-4-13-30-46)47-31-14-5-15-32-47/h1-42H. The molecule has 0 N–H and O–H groups in total. The van der Waals surface area contributed by atoms with Gasteiger partial charge in [-0.25, -0.2) is 0 Å². The maximum atomic E-state index is 2.56. The molecule has 0 aliphatic rings. The molecule has 2 heterocycles. The van der Waals surface area contributed by atoms with Gasteiger partial charge in [0.25, 0.3) is 0 Å². The van der Waals surface area contributed by atoms with Crippen LogP contribution in [-0.4, -0.2) is 17.2 Å². The molecule has 12 rings (SSSR count). The highest BCUT2D eigenvalue weighted by molar-refractivity contribution is 7.20. The third-order valence-electron chi connectivity index (χ3n) is 13.1. The molecule has 10 aromatic carbocycles. The molecular formula is C60H42N2Si. The Bertz CT molecular complexity index is 3500. The van der Waals surface area contributed by atoms with Crippen LogP contribution in [0.2, 0.25) is 0 Å². The molecule has 0 aliphatic heterocycles. The zero-order valence-electron chi connectivity index (χ0n) is 34.6. The second kappa shape index (κ2) is 15.2. The van der Waals surface area contributed by atoms with Crippen molar-refractivity contribution in [2.45, 2.75) is 0 Å². The van der Waals surface area contributed by atoms with Gasteiger partial charge in [-0.05, 0) is 56.1 Å². The number of nitrogens with zero attached hydrogens (tertiary/aromatic N) is 2. The van der Waals surface area contributed by atoms with Crippen molar-refractivity contribution in [3.05, 3.63) is 255 Å². The smallest absolute Gasteiger partial charge is 0.180 e. The van der Waals surface area contributed by atoms with Gasteiger partial charge < -0.3 is 9.13 Å². The molecule has 12 aromatic rings. The molecular weight excluding hydrogens is 777 g/mol.